The molecule has 0 atom stereocenters. The molecule has 0 saturated carbocycles. The second-order valence-electron chi connectivity index (χ2n) is 5.61. The van der Waals surface area contributed by atoms with Crippen LogP contribution in [0, 0.1) is 13.3 Å². The van der Waals surface area contributed by atoms with Crippen LogP contribution < -0.4 is 10.6 Å². The topological polar surface area (TPSA) is 3.24 Å². The Morgan fingerprint density at radius 3 is 1.56 bits per heavy atom. The Labute approximate surface area is 193 Å². The van der Waals surface area contributed by atoms with Crippen LogP contribution in [0.15, 0.2) is 60.7 Å². The molecule has 144 valence electrons. The first-order chi connectivity index (χ1) is 10.9. The molecule has 0 unspecified atom stereocenters. The minimum atomic E-state index is -2.92. The quantitative estimate of drug-likeness (QED) is 0.183. The van der Waals surface area contributed by atoms with Crippen molar-refractivity contribution in [2.45, 2.75) is 13.8 Å². The third kappa shape index (κ3) is 5.78. The van der Waals surface area contributed by atoms with Crippen molar-refractivity contribution in [3.8, 4) is 0 Å². The van der Waals surface area contributed by atoms with E-state index in [4.69, 9.17) is 25.5 Å². The van der Waals surface area contributed by atoms with Gasteiger partial charge in [-0.25, -0.2) is 0 Å². The van der Waals surface area contributed by atoms with Gasteiger partial charge in [0, 0.05) is 0 Å². The Balaban J connectivity index is 0.00000288. The molecule has 0 fully saturated rings. The van der Waals surface area contributed by atoms with E-state index in [9.17, 15) is 0 Å². The van der Waals surface area contributed by atoms with Crippen LogP contribution in [-0.4, -0.2) is 22.3 Å². The molecule has 0 heterocycles. The van der Waals surface area contributed by atoms with E-state index in [1.165, 1.54) is 10.6 Å². The summed E-state index contributed by atoms with van der Waals surface area (Å²) in [5.41, 5.74) is 0. The van der Waals surface area contributed by atoms with E-state index in [1.54, 1.807) is 11.4 Å². The van der Waals surface area contributed by atoms with Crippen molar-refractivity contribution in [1.82, 2.24) is 4.90 Å². The summed E-state index contributed by atoms with van der Waals surface area (Å²) in [6, 6.07) is 20.8. The van der Waals surface area contributed by atoms with Gasteiger partial charge in [0.1, 0.15) is 0 Å². The van der Waals surface area contributed by atoms with Gasteiger partial charge in [-0.05, 0) is 0 Å². The van der Waals surface area contributed by atoms with Gasteiger partial charge in [-0.1, -0.05) is 0 Å². The van der Waals surface area contributed by atoms with Gasteiger partial charge in [0.2, 0.25) is 0 Å². The molecule has 0 N–H and O–H groups in total. The predicted molar refractivity (Wildman–Crippen MR) is 113 cm³/mol. The zero-order valence-corrected chi connectivity index (χ0v) is 21.3. The molecule has 25 heavy (non-hydrogen) atoms. The summed E-state index contributed by atoms with van der Waals surface area (Å²) < 4.78 is 0.880. The van der Waals surface area contributed by atoms with Gasteiger partial charge in [0.05, 0.1) is 0 Å². The molecule has 0 aromatic heterocycles. The molecule has 0 bridgehead atoms. The Hall–Kier alpha value is 0.591. The fourth-order valence-corrected chi connectivity index (χ4v) is 10.2. The number of hydrogen-bond donors (Lipinski definition) is 0. The monoisotopic (exact) mass is 755 g/mol. The van der Waals surface area contributed by atoms with E-state index in [2.05, 4.69) is 67.3 Å². The number of rotatable bonds is 5. The van der Waals surface area contributed by atoms with Crippen molar-refractivity contribution in [1.29, 1.82) is 0 Å². The van der Waals surface area contributed by atoms with Gasteiger partial charge in [0.25, 0.3) is 0 Å². The molecule has 2 rings (SSSR count). The summed E-state index contributed by atoms with van der Waals surface area (Å²) in [5.74, 6) is -2.92. The molecule has 2 aromatic rings. The molecular formula is C19H24Au2NPS2. The van der Waals surface area contributed by atoms with Gasteiger partial charge in [-0.3, -0.25) is 0 Å². The molecule has 0 amide bonds. The Morgan fingerprint density at radius 1 is 0.880 bits per heavy atom. The van der Waals surface area contributed by atoms with Crippen LogP contribution in [0.5, 0.6) is 0 Å². The van der Waals surface area contributed by atoms with E-state index in [-0.39, 0.29) is 44.8 Å². The average molecular weight is 755 g/mol. The van der Waals surface area contributed by atoms with Gasteiger partial charge in [-0.15, -0.1) is 0 Å². The van der Waals surface area contributed by atoms with Crippen molar-refractivity contribution >= 4 is 44.3 Å². The Bertz CT molecular complexity index is 618. The summed E-state index contributed by atoms with van der Waals surface area (Å²) in [5, 5.41) is 2.34. The molecule has 0 spiro atoms. The van der Waals surface area contributed by atoms with Crippen LogP contribution in [0.3, 0.4) is 0 Å². The molecule has 6 heteroatoms. The van der Waals surface area contributed by atoms with E-state index < -0.39 is 5.81 Å². The van der Waals surface area contributed by atoms with E-state index in [1.807, 2.05) is 12.1 Å². The van der Waals surface area contributed by atoms with Gasteiger partial charge < -0.3 is 0 Å². The van der Waals surface area contributed by atoms with Crippen LogP contribution in [0.4, 0.5) is 0 Å². The number of nitrogens with zero attached hydrogens (tertiary/aromatic N) is 1. The standard InChI is InChI=1S/C19H24NPS2.2Au/c1-5-20(6-2)19(22)23-21(3,4,17-13-9-7-10-14-17)18-15-11-8-12-16-18;;/h7-16H,3-6H2,1-2H3;;/q-2;2*+1. The van der Waals surface area contributed by atoms with Crippen molar-refractivity contribution in [2.75, 3.05) is 13.1 Å². The van der Waals surface area contributed by atoms with Gasteiger partial charge in [0.15, 0.2) is 0 Å². The van der Waals surface area contributed by atoms with Crippen molar-refractivity contribution < 1.29 is 44.8 Å². The van der Waals surface area contributed by atoms with Gasteiger partial charge >= 0.3 is 195 Å². The van der Waals surface area contributed by atoms with E-state index in [0.29, 0.717) is 0 Å². The third-order valence-electron chi connectivity index (χ3n) is 4.03. The summed E-state index contributed by atoms with van der Waals surface area (Å²) in [6.45, 7) is 15.5. The first kappa shape index (κ1) is 25.6. The Kier molecular flexibility index (Phi) is 11.1. The van der Waals surface area contributed by atoms with E-state index >= 15 is 0 Å². The second kappa shape index (κ2) is 10.8. The first-order valence-electron chi connectivity index (χ1n) is 7.76. The molecule has 0 aliphatic carbocycles. The third-order valence-corrected chi connectivity index (χ3v) is 11.9. The molecule has 0 aliphatic rings. The minimum absolute atomic E-state index is 0. The molecular weight excluding hydrogens is 731 g/mol. The summed E-state index contributed by atoms with van der Waals surface area (Å²) in [6.07, 6.45) is 0. The average Bonchev–Trinajstić information content (AvgIpc) is 2.57. The van der Waals surface area contributed by atoms with Crippen molar-refractivity contribution in [2.24, 2.45) is 0 Å². The Morgan fingerprint density at radius 2 is 1.24 bits per heavy atom. The molecule has 2 aromatic carbocycles. The molecule has 0 aliphatic heterocycles. The molecule has 0 saturated heterocycles. The van der Waals surface area contributed by atoms with Crippen LogP contribution in [0.25, 0.3) is 0 Å². The predicted octanol–water partition coefficient (Wildman–Crippen LogP) is 5.04. The normalized spacial score (nSPS) is 12.1. The van der Waals surface area contributed by atoms with Crippen LogP contribution in [0.2, 0.25) is 0 Å². The number of benzene rings is 2. The fraction of sp³-hybridized carbons (Fsp3) is 0.211. The first-order valence-corrected chi connectivity index (χ1v) is 12.2. The summed E-state index contributed by atoms with van der Waals surface area (Å²) in [4.78, 5) is 2.20. The molecule has 0 radical (unpaired) electrons. The summed E-state index contributed by atoms with van der Waals surface area (Å²) >= 11 is 7.41. The maximum absolute atomic E-state index is 5.74. The van der Waals surface area contributed by atoms with Crippen molar-refractivity contribution in [3.05, 3.63) is 74.0 Å². The number of hydrogen-bond acceptors (Lipinski definition) is 2. The van der Waals surface area contributed by atoms with Crippen molar-refractivity contribution in [3.63, 3.8) is 0 Å². The van der Waals surface area contributed by atoms with Crippen LogP contribution >= 0.6 is 29.4 Å². The zero-order chi connectivity index (χ0) is 16.9. The van der Waals surface area contributed by atoms with E-state index in [0.717, 1.165) is 17.4 Å². The second-order valence-corrected chi connectivity index (χ2v) is 13.9. The maximum atomic E-state index is 5.74. The zero-order valence-electron chi connectivity index (χ0n) is 14.4. The van der Waals surface area contributed by atoms with Gasteiger partial charge in [-0.2, -0.15) is 0 Å². The van der Waals surface area contributed by atoms with Crippen LogP contribution in [-0.2, 0) is 44.8 Å². The number of thiocarbonyl (C=S) groups is 1. The fourth-order valence-electron chi connectivity index (χ4n) is 2.53. The van der Waals surface area contributed by atoms with Crippen LogP contribution in [0.1, 0.15) is 13.8 Å². The molecule has 1 nitrogen and oxygen atoms in total. The summed E-state index contributed by atoms with van der Waals surface area (Å²) in [7, 11) is 0. The SMILES string of the molecule is [Au+].[Au+].[CH2-]P([CH2-])(SC(=S)N(CC)CC)(c1ccccc1)c1ccccc1.